The fourth-order valence-electron chi connectivity index (χ4n) is 4.16. The number of hydrogen-bond acceptors (Lipinski definition) is 6. The molecule has 2 aliphatic heterocycles. The number of ether oxygens (including phenoxy) is 3. The van der Waals surface area contributed by atoms with Crippen molar-refractivity contribution in [3.63, 3.8) is 0 Å². The molecule has 0 radical (unpaired) electrons. The SMILES string of the molecule is CCc1cn2c(nc1=O)O[C@H]1[C@H](OCc3ccccc3)[C@@H](COCc3ccccc3)S[C@H]12. The van der Waals surface area contributed by atoms with Crippen LogP contribution in [0.5, 0.6) is 6.01 Å². The summed E-state index contributed by atoms with van der Waals surface area (Å²) in [5.74, 6) is 0. The predicted molar refractivity (Wildman–Crippen MR) is 124 cm³/mol. The van der Waals surface area contributed by atoms with Gasteiger partial charge in [0, 0.05) is 11.8 Å². The zero-order chi connectivity index (χ0) is 21.9. The molecule has 4 atom stereocenters. The van der Waals surface area contributed by atoms with E-state index >= 15 is 0 Å². The molecule has 0 N–H and O–H groups in total. The Morgan fingerprint density at radius 3 is 2.41 bits per heavy atom. The van der Waals surface area contributed by atoms with Crippen LogP contribution in [0.4, 0.5) is 0 Å². The molecular formula is C25H26N2O4S. The average molecular weight is 451 g/mol. The molecule has 0 saturated carbocycles. The molecule has 1 saturated heterocycles. The highest BCUT2D eigenvalue weighted by Crippen LogP contribution is 2.50. The lowest BCUT2D eigenvalue weighted by molar-refractivity contribution is -0.0360. The third-order valence-electron chi connectivity index (χ3n) is 5.85. The van der Waals surface area contributed by atoms with Gasteiger partial charge in [0.15, 0.2) is 6.10 Å². The molecule has 0 bridgehead atoms. The van der Waals surface area contributed by atoms with Crippen molar-refractivity contribution in [1.82, 2.24) is 9.55 Å². The number of thioether (sulfide) groups is 1. The molecule has 0 aliphatic carbocycles. The number of benzene rings is 2. The topological polar surface area (TPSA) is 62.6 Å². The van der Waals surface area contributed by atoms with Crippen LogP contribution in [0, 0.1) is 0 Å². The highest BCUT2D eigenvalue weighted by atomic mass is 32.2. The van der Waals surface area contributed by atoms with E-state index in [1.54, 1.807) is 11.8 Å². The van der Waals surface area contributed by atoms with Crippen LogP contribution in [-0.2, 0) is 29.1 Å². The number of nitrogens with zero attached hydrogens (tertiary/aromatic N) is 2. The minimum absolute atomic E-state index is 0.00880. The van der Waals surface area contributed by atoms with Crippen LogP contribution in [0.1, 0.15) is 29.0 Å². The van der Waals surface area contributed by atoms with Crippen LogP contribution in [0.3, 0.4) is 0 Å². The fraction of sp³-hybridized carbons (Fsp3) is 0.360. The monoisotopic (exact) mass is 450 g/mol. The molecule has 3 heterocycles. The summed E-state index contributed by atoms with van der Waals surface area (Å²) in [4.78, 5) is 16.4. The molecule has 1 fully saturated rings. The quantitative estimate of drug-likeness (QED) is 0.517. The summed E-state index contributed by atoms with van der Waals surface area (Å²) in [6.45, 7) is 3.57. The van der Waals surface area contributed by atoms with Gasteiger partial charge in [-0.3, -0.25) is 9.36 Å². The number of fused-ring (bicyclic) bond motifs is 3. The molecule has 5 rings (SSSR count). The third-order valence-corrected chi connectivity index (χ3v) is 7.38. The Morgan fingerprint density at radius 1 is 1.03 bits per heavy atom. The van der Waals surface area contributed by atoms with Gasteiger partial charge in [0.25, 0.3) is 5.56 Å². The van der Waals surface area contributed by atoms with E-state index in [0.717, 1.165) is 11.1 Å². The first-order chi connectivity index (χ1) is 15.7. The summed E-state index contributed by atoms with van der Waals surface area (Å²) in [5, 5.41) is 0.115. The van der Waals surface area contributed by atoms with Crippen molar-refractivity contribution in [2.75, 3.05) is 6.61 Å². The van der Waals surface area contributed by atoms with Crippen LogP contribution in [-0.4, -0.2) is 33.6 Å². The Balaban J connectivity index is 1.33. The molecule has 7 heteroatoms. The maximum absolute atomic E-state index is 12.2. The molecular weight excluding hydrogens is 424 g/mol. The van der Waals surface area contributed by atoms with Crippen molar-refractivity contribution in [3.8, 4) is 6.01 Å². The zero-order valence-electron chi connectivity index (χ0n) is 17.9. The van der Waals surface area contributed by atoms with Gasteiger partial charge in [0.05, 0.1) is 25.1 Å². The van der Waals surface area contributed by atoms with E-state index in [4.69, 9.17) is 14.2 Å². The summed E-state index contributed by atoms with van der Waals surface area (Å²) < 4.78 is 20.6. The molecule has 1 aromatic heterocycles. The number of rotatable bonds is 8. The molecule has 166 valence electrons. The minimum Gasteiger partial charge on any atom is -0.455 e. The van der Waals surface area contributed by atoms with Gasteiger partial charge in [-0.15, -0.1) is 11.8 Å². The highest BCUT2D eigenvalue weighted by molar-refractivity contribution is 8.00. The van der Waals surface area contributed by atoms with Crippen LogP contribution < -0.4 is 10.3 Å². The van der Waals surface area contributed by atoms with Gasteiger partial charge < -0.3 is 14.2 Å². The van der Waals surface area contributed by atoms with Gasteiger partial charge in [-0.2, -0.15) is 4.98 Å². The summed E-state index contributed by atoms with van der Waals surface area (Å²) in [5.41, 5.74) is 2.74. The lowest BCUT2D eigenvalue weighted by Gasteiger charge is -2.23. The Bertz CT molecular complexity index is 1110. The van der Waals surface area contributed by atoms with Crippen molar-refractivity contribution in [1.29, 1.82) is 0 Å². The van der Waals surface area contributed by atoms with Crippen LogP contribution >= 0.6 is 11.8 Å². The van der Waals surface area contributed by atoms with Crippen molar-refractivity contribution >= 4 is 11.8 Å². The largest absolute Gasteiger partial charge is 0.455 e. The van der Waals surface area contributed by atoms with Crippen LogP contribution in [0.2, 0.25) is 0 Å². The second-order valence-corrected chi connectivity index (χ2v) is 9.38. The molecule has 0 unspecified atom stereocenters. The number of aromatic nitrogens is 2. The summed E-state index contributed by atoms with van der Waals surface area (Å²) in [6, 6.07) is 20.7. The van der Waals surface area contributed by atoms with Crippen molar-refractivity contribution in [3.05, 3.63) is 93.9 Å². The maximum atomic E-state index is 12.2. The van der Waals surface area contributed by atoms with Gasteiger partial charge in [0.1, 0.15) is 11.5 Å². The standard InChI is InChI=1S/C25H26N2O4S/c1-2-19-13-27-24-22(31-25(27)26-23(19)28)21(30-15-18-11-7-4-8-12-18)20(32-24)16-29-14-17-9-5-3-6-10-17/h3-13,20-22,24H,2,14-16H2,1H3/t20-,21-,22+,24-/m1/s1. The van der Waals surface area contributed by atoms with E-state index in [1.807, 2.05) is 54.1 Å². The molecule has 0 amide bonds. The van der Waals surface area contributed by atoms with Crippen molar-refractivity contribution in [2.45, 2.75) is 49.4 Å². The first-order valence-electron chi connectivity index (χ1n) is 10.9. The van der Waals surface area contributed by atoms with Crippen LogP contribution in [0.15, 0.2) is 71.7 Å². The fourth-order valence-corrected chi connectivity index (χ4v) is 5.72. The highest BCUT2D eigenvalue weighted by Gasteiger charge is 2.52. The summed E-state index contributed by atoms with van der Waals surface area (Å²) in [7, 11) is 0. The Hall–Kier alpha value is -2.61. The third kappa shape index (κ3) is 4.33. The summed E-state index contributed by atoms with van der Waals surface area (Å²) >= 11 is 1.77. The van der Waals surface area contributed by atoms with E-state index < -0.39 is 0 Å². The van der Waals surface area contributed by atoms with E-state index in [1.165, 1.54) is 0 Å². The average Bonchev–Trinajstić information content (AvgIpc) is 3.33. The van der Waals surface area contributed by atoms with E-state index in [2.05, 4.69) is 29.2 Å². The van der Waals surface area contributed by atoms with Gasteiger partial charge >= 0.3 is 6.01 Å². The molecule has 2 aliphatic rings. The lowest BCUT2D eigenvalue weighted by Crippen LogP contribution is -2.37. The molecule has 3 aromatic rings. The maximum Gasteiger partial charge on any atom is 0.301 e. The lowest BCUT2D eigenvalue weighted by atomic mass is 10.1. The van der Waals surface area contributed by atoms with Crippen LogP contribution in [0.25, 0.3) is 0 Å². The predicted octanol–water partition coefficient (Wildman–Crippen LogP) is 3.98. The van der Waals surface area contributed by atoms with Gasteiger partial charge in [-0.25, -0.2) is 0 Å². The Kier molecular flexibility index (Phi) is 6.30. The van der Waals surface area contributed by atoms with Crippen molar-refractivity contribution in [2.24, 2.45) is 0 Å². The van der Waals surface area contributed by atoms with Crippen molar-refractivity contribution < 1.29 is 14.2 Å². The Morgan fingerprint density at radius 2 is 1.72 bits per heavy atom. The second-order valence-electron chi connectivity index (χ2n) is 8.02. The zero-order valence-corrected chi connectivity index (χ0v) is 18.7. The second kappa shape index (κ2) is 9.48. The van der Waals surface area contributed by atoms with E-state index in [-0.39, 0.29) is 28.4 Å². The van der Waals surface area contributed by atoms with Gasteiger partial charge in [-0.1, -0.05) is 67.6 Å². The molecule has 32 heavy (non-hydrogen) atoms. The Labute approximate surface area is 191 Å². The number of hydrogen-bond donors (Lipinski definition) is 0. The van der Waals surface area contributed by atoms with E-state index in [0.29, 0.717) is 37.8 Å². The normalized spacial score (nSPS) is 23.5. The molecule has 0 spiro atoms. The minimum atomic E-state index is -0.215. The van der Waals surface area contributed by atoms with E-state index in [9.17, 15) is 4.79 Å². The molecule has 2 aromatic carbocycles. The summed E-state index contributed by atoms with van der Waals surface area (Å²) in [6.07, 6.45) is 2.14. The first kappa shape index (κ1) is 21.2. The van der Waals surface area contributed by atoms with Gasteiger partial charge in [-0.05, 0) is 17.5 Å². The first-order valence-corrected chi connectivity index (χ1v) is 11.9. The smallest absolute Gasteiger partial charge is 0.301 e. The van der Waals surface area contributed by atoms with Gasteiger partial charge in [0.2, 0.25) is 0 Å². The molecule has 6 nitrogen and oxygen atoms in total. The number of aryl methyl sites for hydroxylation is 1.